The van der Waals surface area contributed by atoms with Gasteiger partial charge in [0, 0.05) is 23.7 Å². The van der Waals surface area contributed by atoms with Crippen molar-refractivity contribution in [1.29, 1.82) is 0 Å². The first kappa shape index (κ1) is 17.1. The van der Waals surface area contributed by atoms with E-state index in [1.54, 1.807) is 0 Å². The molecule has 1 aliphatic rings. The molecule has 2 aromatic heterocycles. The molecule has 2 aromatic carbocycles. The minimum Gasteiger partial charge on any atom is -0.291 e. The van der Waals surface area contributed by atoms with Crippen LogP contribution < -0.4 is 0 Å². The lowest BCUT2D eigenvalue weighted by molar-refractivity contribution is 0.245. The summed E-state index contributed by atoms with van der Waals surface area (Å²) in [7, 11) is 0. The number of hydrogen-bond donors (Lipinski definition) is 1. The average molecular weight is 372 g/mol. The van der Waals surface area contributed by atoms with Crippen LogP contribution in [0.1, 0.15) is 30.1 Å². The molecule has 1 aliphatic heterocycles. The zero-order chi connectivity index (χ0) is 18.9. The molecule has 1 atom stereocenters. The summed E-state index contributed by atoms with van der Waals surface area (Å²) < 4.78 is 13.3. The largest absolute Gasteiger partial charge is 0.291 e. The molecule has 5 heteroatoms. The topological polar surface area (TPSA) is 44.8 Å². The number of aromatic amines is 1. The van der Waals surface area contributed by atoms with Gasteiger partial charge in [0.2, 0.25) is 0 Å². The van der Waals surface area contributed by atoms with Gasteiger partial charge in [-0.05, 0) is 60.8 Å². The number of likely N-dealkylation sites (tertiary alicyclic amines) is 1. The number of aromatic nitrogens is 3. The van der Waals surface area contributed by atoms with Crippen molar-refractivity contribution in [2.24, 2.45) is 0 Å². The summed E-state index contributed by atoms with van der Waals surface area (Å²) in [5.74, 6) is -0.220. The molecule has 5 rings (SSSR count). The number of nitrogens with one attached hydrogen (secondary N) is 1. The van der Waals surface area contributed by atoms with Crippen molar-refractivity contribution in [2.45, 2.75) is 25.4 Å². The van der Waals surface area contributed by atoms with Crippen LogP contribution in [-0.4, -0.2) is 26.6 Å². The first-order chi connectivity index (χ1) is 13.8. The highest BCUT2D eigenvalue weighted by atomic mass is 19.1. The van der Waals surface area contributed by atoms with Crippen molar-refractivity contribution in [3.05, 3.63) is 84.1 Å². The van der Waals surface area contributed by atoms with Gasteiger partial charge in [-0.3, -0.25) is 15.0 Å². The summed E-state index contributed by atoms with van der Waals surface area (Å²) in [6.45, 7) is 1.94. The van der Waals surface area contributed by atoms with E-state index in [0.29, 0.717) is 0 Å². The highest BCUT2D eigenvalue weighted by Crippen LogP contribution is 2.37. The van der Waals surface area contributed by atoms with Gasteiger partial charge in [-0.2, -0.15) is 5.10 Å². The summed E-state index contributed by atoms with van der Waals surface area (Å²) in [5.41, 5.74) is 5.48. The quantitative estimate of drug-likeness (QED) is 0.542. The minimum absolute atomic E-state index is 0.220. The van der Waals surface area contributed by atoms with E-state index < -0.39 is 0 Å². The van der Waals surface area contributed by atoms with Gasteiger partial charge < -0.3 is 0 Å². The maximum atomic E-state index is 13.3. The van der Waals surface area contributed by atoms with Crippen LogP contribution in [0.2, 0.25) is 0 Å². The zero-order valence-electron chi connectivity index (χ0n) is 15.5. The fraction of sp³-hybridized carbons (Fsp3) is 0.217. The molecule has 3 heterocycles. The molecule has 28 heavy (non-hydrogen) atoms. The van der Waals surface area contributed by atoms with Crippen LogP contribution in [0.25, 0.3) is 22.0 Å². The highest BCUT2D eigenvalue weighted by molar-refractivity contribution is 5.78. The van der Waals surface area contributed by atoms with E-state index in [4.69, 9.17) is 0 Å². The van der Waals surface area contributed by atoms with E-state index in [2.05, 4.69) is 44.3 Å². The predicted molar refractivity (Wildman–Crippen MR) is 108 cm³/mol. The average Bonchev–Trinajstić information content (AvgIpc) is 3.37. The van der Waals surface area contributed by atoms with Gasteiger partial charge in [0.05, 0.1) is 23.4 Å². The third kappa shape index (κ3) is 3.18. The molecule has 0 aliphatic carbocycles. The molecular weight excluding hydrogens is 351 g/mol. The Morgan fingerprint density at radius 3 is 2.89 bits per heavy atom. The molecule has 4 aromatic rings. The van der Waals surface area contributed by atoms with Gasteiger partial charge in [-0.1, -0.05) is 24.3 Å². The minimum atomic E-state index is -0.220. The number of pyridine rings is 1. The van der Waals surface area contributed by atoms with E-state index in [1.165, 1.54) is 23.1 Å². The van der Waals surface area contributed by atoms with Gasteiger partial charge in [0.1, 0.15) is 5.82 Å². The van der Waals surface area contributed by atoms with Gasteiger partial charge in [-0.25, -0.2) is 4.39 Å². The number of hydrogen-bond acceptors (Lipinski definition) is 3. The van der Waals surface area contributed by atoms with E-state index in [-0.39, 0.29) is 11.9 Å². The van der Waals surface area contributed by atoms with Crippen LogP contribution in [0.4, 0.5) is 4.39 Å². The summed E-state index contributed by atoms with van der Waals surface area (Å²) in [6.07, 6.45) is 5.92. The molecule has 0 unspecified atom stereocenters. The summed E-state index contributed by atoms with van der Waals surface area (Å²) in [4.78, 5) is 6.91. The van der Waals surface area contributed by atoms with Crippen LogP contribution in [0.15, 0.2) is 67.0 Å². The lowest BCUT2D eigenvalue weighted by atomic mass is 10.0. The van der Waals surface area contributed by atoms with E-state index >= 15 is 0 Å². The van der Waals surface area contributed by atoms with E-state index in [0.717, 1.165) is 48.3 Å². The number of nitrogens with zero attached hydrogens (tertiary/aromatic N) is 3. The van der Waals surface area contributed by atoms with Gasteiger partial charge in [0.15, 0.2) is 0 Å². The molecule has 4 nitrogen and oxygen atoms in total. The Morgan fingerprint density at radius 1 is 1.11 bits per heavy atom. The molecule has 1 fully saturated rings. The summed E-state index contributed by atoms with van der Waals surface area (Å²) >= 11 is 0. The zero-order valence-corrected chi connectivity index (χ0v) is 15.5. The highest BCUT2D eigenvalue weighted by Gasteiger charge is 2.29. The van der Waals surface area contributed by atoms with Gasteiger partial charge in [-0.15, -0.1) is 0 Å². The SMILES string of the molecule is Fc1ccc(-c2cn[nH]c2[C@H]2CCCN2Cc2ccc3ncccc3c2)cc1. The smallest absolute Gasteiger partial charge is 0.123 e. The standard InChI is InChI=1S/C23H21FN4/c24-19-8-6-17(7-9-19)20-14-26-27-23(20)22-4-2-12-28(22)15-16-5-10-21-18(13-16)3-1-11-25-21/h1,3,5-11,13-14,22H,2,4,12,15H2,(H,26,27)/t22-/m1/s1. The van der Waals surface area contributed by atoms with Crippen molar-refractivity contribution in [1.82, 2.24) is 20.1 Å². The lowest BCUT2D eigenvalue weighted by Crippen LogP contribution is -2.23. The van der Waals surface area contributed by atoms with Crippen molar-refractivity contribution in [2.75, 3.05) is 6.54 Å². The lowest BCUT2D eigenvalue weighted by Gasteiger charge is -2.24. The monoisotopic (exact) mass is 372 g/mol. The molecule has 0 spiro atoms. The molecule has 1 saturated heterocycles. The number of H-pyrrole nitrogens is 1. The Morgan fingerprint density at radius 2 is 2.00 bits per heavy atom. The Balaban J connectivity index is 1.43. The molecule has 0 saturated carbocycles. The van der Waals surface area contributed by atoms with Crippen LogP contribution in [0.5, 0.6) is 0 Å². The number of fused-ring (bicyclic) bond motifs is 1. The third-order valence-electron chi connectivity index (χ3n) is 5.57. The Hall–Kier alpha value is -3.05. The normalized spacial score (nSPS) is 17.4. The third-order valence-corrected chi connectivity index (χ3v) is 5.57. The number of halogens is 1. The van der Waals surface area contributed by atoms with Gasteiger partial charge in [0.25, 0.3) is 0 Å². The molecule has 0 radical (unpaired) electrons. The predicted octanol–water partition coefficient (Wildman–Crippen LogP) is 5.10. The Bertz CT molecular complexity index is 1100. The number of benzene rings is 2. The fourth-order valence-corrected chi connectivity index (χ4v) is 4.21. The van der Waals surface area contributed by atoms with Crippen molar-refractivity contribution in [3.63, 3.8) is 0 Å². The molecule has 1 N–H and O–H groups in total. The second-order valence-corrected chi connectivity index (χ2v) is 7.36. The molecule has 140 valence electrons. The molecule has 0 bridgehead atoms. The van der Waals surface area contributed by atoms with E-state index in [9.17, 15) is 4.39 Å². The second-order valence-electron chi connectivity index (χ2n) is 7.36. The van der Waals surface area contributed by atoms with E-state index in [1.807, 2.05) is 30.6 Å². The van der Waals surface area contributed by atoms with Crippen molar-refractivity contribution in [3.8, 4) is 11.1 Å². The first-order valence-electron chi connectivity index (χ1n) is 9.65. The molecule has 0 amide bonds. The maximum absolute atomic E-state index is 13.3. The summed E-state index contributed by atoms with van der Waals surface area (Å²) in [5, 5.41) is 8.68. The Kier molecular flexibility index (Phi) is 4.37. The maximum Gasteiger partial charge on any atom is 0.123 e. The Labute approximate surface area is 163 Å². The van der Waals surface area contributed by atoms with Crippen molar-refractivity contribution >= 4 is 10.9 Å². The van der Waals surface area contributed by atoms with Crippen LogP contribution in [0, 0.1) is 5.82 Å². The van der Waals surface area contributed by atoms with Crippen LogP contribution in [-0.2, 0) is 6.54 Å². The molecular formula is C23H21FN4. The first-order valence-corrected chi connectivity index (χ1v) is 9.65. The fourth-order valence-electron chi connectivity index (χ4n) is 4.21. The van der Waals surface area contributed by atoms with Crippen LogP contribution >= 0.6 is 0 Å². The van der Waals surface area contributed by atoms with Crippen LogP contribution in [0.3, 0.4) is 0 Å². The van der Waals surface area contributed by atoms with Crippen molar-refractivity contribution < 1.29 is 4.39 Å². The van der Waals surface area contributed by atoms with Gasteiger partial charge >= 0.3 is 0 Å². The number of rotatable bonds is 4. The second kappa shape index (κ2) is 7.17. The summed E-state index contributed by atoms with van der Waals surface area (Å²) in [6, 6.07) is 17.5.